The van der Waals surface area contributed by atoms with E-state index in [1.807, 2.05) is 48.5 Å². The fourth-order valence-corrected chi connectivity index (χ4v) is 4.22. The topological polar surface area (TPSA) is 78.9 Å². The number of carbonyl (C=O) groups excluding carboxylic acids is 1. The van der Waals surface area contributed by atoms with Crippen molar-refractivity contribution in [2.24, 2.45) is 0 Å². The van der Waals surface area contributed by atoms with E-state index in [0.717, 1.165) is 11.1 Å². The third kappa shape index (κ3) is 5.63. The second-order valence-electron chi connectivity index (χ2n) is 6.45. The van der Waals surface area contributed by atoms with Gasteiger partial charge in [0, 0.05) is 34.5 Å². The van der Waals surface area contributed by atoms with Crippen LogP contribution in [0.5, 0.6) is 0 Å². The van der Waals surface area contributed by atoms with Crippen LogP contribution < -0.4 is 5.32 Å². The Labute approximate surface area is 161 Å². The molecule has 6 nitrogen and oxygen atoms in total. The van der Waals surface area contributed by atoms with Gasteiger partial charge in [0.2, 0.25) is 0 Å². The van der Waals surface area contributed by atoms with Crippen LogP contribution in [0.2, 0.25) is 0 Å². The van der Waals surface area contributed by atoms with E-state index < -0.39 is 10.8 Å². The molecule has 1 saturated heterocycles. The van der Waals surface area contributed by atoms with Gasteiger partial charge >= 0.3 is 6.03 Å². The summed E-state index contributed by atoms with van der Waals surface area (Å²) in [5.41, 5.74) is 2.60. The molecule has 27 heavy (non-hydrogen) atoms. The second-order valence-corrected chi connectivity index (χ2v) is 7.91. The Kier molecular flexibility index (Phi) is 6.98. The SMILES string of the molecule is O=C(Nc1cccc(CS(=O)Cc2ccccc2)c1)N1CCOC[C@@H]1CO. The molecule has 1 aliphatic heterocycles. The van der Waals surface area contributed by atoms with Gasteiger partial charge in [0.1, 0.15) is 0 Å². The number of urea groups is 1. The van der Waals surface area contributed by atoms with Gasteiger partial charge in [0.05, 0.1) is 25.9 Å². The first-order valence-corrected chi connectivity index (χ1v) is 10.4. The lowest BCUT2D eigenvalue weighted by molar-refractivity contribution is -0.00485. The maximum atomic E-state index is 12.5. The summed E-state index contributed by atoms with van der Waals surface area (Å²) < 4.78 is 17.7. The van der Waals surface area contributed by atoms with E-state index in [1.54, 1.807) is 11.0 Å². The van der Waals surface area contributed by atoms with E-state index in [4.69, 9.17) is 4.74 Å². The summed E-state index contributed by atoms with van der Waals surface area (Å²) in [7, 11) is -1.03. The first-order valence-electron chi connectivity index (χ1n) is 8.90. The third-order valence-electron chi connectivity index (χ3n) is 4.38. The number of carbonyl (C=O) groups is 1. The maximum absolute atomic E-state index is 12.5. The van der Waals surface area contributed by atoms with Crippen LogP contribution >= 0.6 is 0 Å². The number of nitrogens with one attached hydrogen (secondary N) is 1. The van der Waals surface area contributed by atoms with Crippen molar-refractivity contribution in [2.45, 2.75) is 17.5 Å². The highest BCUT2D eigenvalue weighted by Crippen LogP contribution is 2.16. The van der Waals surface area contributed by atoms with Gasteiger partial charge in [-0.05, 0) is 23.3 Å². The van der Waals surface area contributed by atoms with Gasteiger partial charge in [-0.25, -0.2) is 4.79 Å². The minimum Gasteiger partial charge on any atom is -0.394 e. The van der Waals surface area contributed by atoms with Crippen molar-refractivity contribution >= 4 is 22.5 Å². The van der Waals surface area contributed by atoms with Crippen molar-refractivity contribution in [3.8, 4) is 0 Å². The largest absolute Gasteiger partial charge is 0.394 e. The number of amides is 2. The van der Waals surface area contributed by atoms with Crippen molar-refractivity contribution in [1.29, 1.82) is 0 Å². The molecule has 2 N–H and O–H groups in total. The zero-order chi connectivity index (χ0) is 19.1. The zero-order valence-corrected chi connectivity index (χ0v) is 15.9. The van der Waals surface area contributed by atoms with E-state index in [-0.39, 0.29) is 18.7 Å². The first-order chi connectivity index (χ1) is 13.2. The van der Waals surface area contributed by atoms with Crippen LogP contribution in [-0.2, 0) is 27.0 Å². The lowest BCUT2D eigenvalue weighted by Crippen LogP contribution is -2.52. The highest BCUT2D eigenvalue weighted by Gasteiger charge is 2.26. The summed E-state index contributed by atoms with van der Waals surface area (Å²) in [5.74, 6) is 0.929. The van der Waals surface area contributed by atoms with Crippen molar-refractivity contribution < 1.29 is 18.8 Å². The van der Waals surface area contributed by atoms with Gasteiger partial charge in [0.15, 0.2) is 0 Å². The zero-order valence-electron chi connectivity index (χ0n) is 15.0. The molecule has 0 bridgehead atoms. The van der Waals surface area contributed by atoms with Crippen LogP contribution in [0.4, 0.5) is 10.5 Å². The van der Waals surface area contributed by atoms with Crippen LogP contribution in [0.15, 0.2) is 54.6 Å². The van der Waals surface area contributed by atoms with E-state index in [2.05, 4.69) is 5.32 Å². The molecule has 2 aromatic rings. The van der Waals surface area contributed by atoms with E-state index >= 15 is 0 Å². The Hall–Kier alpha value is -2.22. The predicted octanol–water partition coefficient (Wildman–Crippen LogP) is 2.36. The van der Waals surface area contributed by atoms with E-state index in [9.17, 15) is 14.1 Å². The average molecular weight is 388 g/mol. The fourth-order valence-electron chi connectivity index (χ4n) is 3.00. The molecule has 3 rings (SSSR count). The number of ether oxygens (including phenoxy) is 1. The second kappa shape index (κ2) is 9.64. The van der Waals surface area contributed by atoms with Crippen LogP contribution in [0, 0.1) is 0 Å². The molecule has 2 aromatic carbocycles. The average Bonchev–Trinajstić information content (AvgIpc) is 2.69. The minimum absolute atomic E-state index is 0.133. The van der Waals surface area contributed by atoms with Gasteiger partial charge < -0.3 is 20.1 Å². The Morgan fingerprint density at radius 1 is 1.15 bits per heavy atom. The Bertz CT molecular complexity index is 785. The third-order valence-corrected chi connectivity index (χ3v) is 5.69. The van der Waals surface area contributed by atoms with Crippen LogP contribution in [-0.4, -0.2) is 52.7 Å². The summed E-state index contributed by atoms with van der Waals surface area (Å²) in [5, 5.41) is 12.3. The van der Waals surface area contributed by atoms with Crippen LogP contribution in [0.3, 0.4) is 0 Å². The summed E-state index contributed by atoms with van der Waals surface area (Å²) in [6.07, 6.45) is 0. The van der Waals surface area contributed by atoms with Gasteiger partial charge in [-0.2, -0.15) is 0 Å². The number of nitrogens with zero attached hydrogens (tertiary/aromatic N) is 1. The molecule has 0 radical (unpaired) electrons. The molecule has 0 spiro atoms. The lowest BCUT2D eigenvalue weighted by Gasteiger charge is -2.34. The smallest absolute Gasteiger partial charge is 0.322 e. The molecular formula is C20H24N2O4S. The molecule has 2 amide bonds. The fraction of sp³-hybridized carbons (Fsp3) is 0.350. The van der Waals surface area contributed by atoms with E-state index in [0.29, 0.717) is 37.0 Å². The minimum atomic E-state index is -1.03. The number of anilines is 1. The molecule has 144 valence electrons. The number of morpholine rings is 1. The molecule has 0 aromatic heterocycles. The Morgan fingerprint density at radius 3 is 2.67 bits per heavy atom. The van der Waals surface area contributed by atoms with Gasteiger partial charge in [-0.15, -0.1) is 0 Å². The Morgan fingerprint density at radius 2 is 1.89 bits per heavy atom. The summed E-state index contributed by atoms with van der Waals surface area (Å²) >= 11 is 0. The number of aliphatic hydroxyl groups is 1. The normalized spacial score (nSPS) is 18.1. The van der Waals surface area contributed by atoms with Crippen molar-refractivity contribution in [3.05, 3.63) is 65.7 Å². The van der Waals surface area contributed by atoms with Crippen LogP contribution in [0.1, 0.15) is 11.1 Å². The summed E-state index contributed by atoms with van der Waals surface area (Å²) in [6, 6.07) is 16.5. The molecule has 0 saturated carbocycles. The molecule has 7 heteroatoms. The van der Waals surface area contributed by atoms with Gasteiger partial charge in [-0.3, -0.25) is 4.21 Å². The molecule has 0 aliphatic carbocycles. The van der Waals surface area contributed by atoms with Crippen molar-refractivity contribution in [1.82, 2.24) is 4.90 Å². The number of rotatable bonds is 6. The number of benzene rings is 2. The first kappa shape index (κ1) is 19.5. The highest BCUT2D eigenvalue weighted by atomic mass is 32.2. The molecule has 1 unspecified atom stereocenters. The molecule has 1 fully saturated rings. The van der Waals surface area contributed by atoms with Gasteiger partial charge in [0.25, 0.3) is 0 Å². The number of aliphatic hydroxyl groups excluding tert-OH is 1. The molecule has 1 aliphatic rings. The number of hydrogen-bond acceptors (Lipinski definition) is 4. The van der Waals surface area contributed by atoms with Crippen LogP contribution in [0.25, 0.3) is 0 Å². The standard InChI is InChI=1S/C20H24N2O4S/c23-12-19-13-26-10-9-22(19)20(24)21-18-8-4-7-17(11-18)15-27(25)14-16-5-2-1-3-6-16/h1-8,11,19,23H,9-10,12-15H2,(H,21,24)/t19-,27?/m0/s1. The highest BCUT2D eigenvalue weighted by molar-refractivity contribution is 7.83. The maximum Gasteiger partial charge on any atom is 0.322 e. The summed E-state index contributed by atoms with van der Waals surface area (Å²) in [4.78, 5) is 14.1. The summed E-state index contributed by atoms with van der Waals surface area (Å²) in [6.45, 7) is 1.11. The van der Waals surface area contributed by atoms with E-state index in [1.165, 1.54) is 0 Å². The Balaban J connectivity index is 1.59. The number of hydrogen-bond donors (Lipinski definition) is 2. The molecule has 1 heterocycles. The van der Waals surface area contributed by atoms with Crippen molar-refractivity contribution in [3.63, 3.8) is 0 Å². The quantitative estimate of drug-likeness (QED) is 0.796. The monoisotopic (exact) mass is 388 g/mol. The predicted molar refractivity (Wildman–Crippen MR) is 106 cm³/mol. The molecule has 2 atom stereocenters. The van der Waals surface area contributed by atoms with Crippen molar-refractivity contribution in [2.75, 3.05) is 31.7 Å². The lowest BCUT2D eigenvalue weighted by atomic mass is 10.2. The van der Waals surface area contributed by atoms with Gasteiger partial charge in [-0.1, -0.05) is 42.5 Å². The molecular weight excluding hydrogens is 364 g/mol.